The summed E-state index contributed by atoms with van der Waals surface area (Å²) in [5.74, 6) is -1.15. The van der Waals surface area contributed by atoms with Crippen molar-refractivity contribution in [1.82, 2.24) is 5.32 Å². The first-order valence-electron chi connectivity index (χ1n) is 8.32. The van der Waals surface area contributed by atoms with Crippen LogP contribution in [0.4, 0.5) is 5.69 Å². The van der Waals surface area contributed by atoms with E-state index in [9.17, 15) is 9.59 Å². The molecule has 0 heterocycles. The molecule has 0 amide bonds. The fourth-order valence-electron chi connectivity index (χ4n) is 2.23. The molecule has 0 atom stereocenters. The number of halogens is 1. The number of ether oxygens (including phenoxy) is 1. The smallest absolute Gasteiger partial charge is 0.343 e. The molecule has 0 spiro atoms. The second kappa shape index (κ2) is 10.3. The van der Waals surface area contributed by atoms with E-state index < -0.39 is 11.8 Å². The normalized spacial score (nSPS) is 10.9. The van der Waals surface area contributed by atoms with Gasteiger partial charge in [-0.2, -0.15) is 0 Å². The molecule has 0 aliphatic heterocycles. The summed E-state index contributed by atoms with van der Waals surface area (Å²) in [5.41, 5.74) is 1.17. The molecular weight excluding hydrogens is 352 g/mol. The van der Waals surface area contributed by atoms with Crippen molar-refractivity contribution in [3.8, 4) is 0 Å². The van der Waals surface area contributed by atoms with Crippen LogP contribution in [0.2, 0.25) is 5.02 Å². The van der Waals surface area contributed by atoms with Crippen LogP contribution in [0, 0.1) is 0 Å². The van der Waals surface area contributed by atoms with E-state index in [1.54, 1.807) is 31.2 Å². The van der Waals surface area contributed by atoms with Gasteiger partial charge in [0.25, 0.3) is 0 Å². The number of Topliss-reactive ketones (excluding diaryl/α,β-unsaturated/α-hetero) is 1. The number of esters is 1. The van der Waals surface area contributed by atoms with Crippen LogP contribution in [0.1, 0.15) is 17.3 Å². The maximum absolute atomic E-state index is 12.7. The molecular formula is C20H21ClN2O3. The summed E-state index contributed by atoms with van der Waals surface area (Å²) in [6.45, 7) is 3.01. The number of hydrogen-bond acceptors (Lipinski definition) is 5. The lowest BCUT2D eigenvalue weighted by Gasteiger charge is -2.10. The number of rotatable bonds is 9. The molecule has 6 heteroatoms. The number of nitrogens with one attached hydrogen (secondary N) is 2. The lowest BCUT2D eigenvalue weighted by Crippen LogP contribution is -2.23. The van der Waals surface area contributed by atoms with E-state index in [-0.39, 0.29) is 17.7 Å². The lowest BCUT2D eigenvalue weighted by molar-refractivity contribution is -0.138. The van der Waals surface area contributed by atoms with Gasteiger partial charge in [-0.15, -0.1) is 0 Å². The molecule has 2 rings (SSSR count). The maximum Gasteiger partial charge on any atom is 0.343 e. The average molecular weight is 373 g/mol. The van der Waals surface area contributed by atoms with Gasteiger partial charge in [-0.1, -0.05) is 41.9 Å². The third-order valence-corrected chi connectivity index (χ3v) is 3.81. The molecule has 0 saturated carbocycles. The van der Waals surface area contributed by atoms with Crippen molar-refractivity contribution in [2.45, 2.75) is 6.92 Å². The van der Waals surface area contributed by atoms with Gasteiger partial charge in [-0.05, 0) is 31.2 Å². The Balaban J connectivity index is 2.02. The quantitative estimate of drug-likeness (QED) is 0.175. The van der Waals surface area contributed by atoms with Gasteiger partial charge in [0.1, 0.15) is 5.57 Å². The second-order valence-electron chi connectivity index (χ2n) is 5.33. The average Bonchev–Trinajstić information content (AvgIpc) is 2.65. The molecule has 136 valence electrons. The van der Waals surface area contributed by atoms with Crippen molar-refractivity contribution < 1.29 is 14.3 Å². The molecule has 5 nitrogen and oxygen atoms in total. The SMILES string of the molecule is CCOC(=O)C(=CNCCNc1ccccc1)C(=O)c1ccccc1Cl. The summed E-state index contributed by atoms with van der Waals surface area (Å²) in [4.78, 5) is 24.8. The van der Waals surface area contributed by atoms with Crippen molar-refractivity contribution in [3.63, 3.8) is 0 Å². The van der Waals surface area contributed by atoms with Crippen LogP contribution in [0.15, 0.2) is 66.4 Å². The highest BCUT2D eigenvalue weighted by Gasteiger charge is 2.22. The Morgan fingerprint density at radius 1 is 1.04 bits per heavy atom. The van der Waals surface area contributed by atoms with Gasteiger partial charge < -0.3 is 15.4 Å². The van der Waals surface area contributed by atoms with E-state index in [4.69, 9.17) is 16.3 Å². The van der Waals surface area contributed by atoms with Crippen LogP contribution in [-0.2, 0) is 9.53 Å². The van der Waals surface area contributed by atoms with Crippen LogP contribution in [0.25, 0.3) is 0 Å². The monoisotopic (exact) mass is 372 g/mol. The van der Waals surface area contributed by atoms with E-state index in [0.29, 0.717) is 18.1 Å². The Morgan fingerprint density at radius 2 is 1.73 bits per heavy atom. The number of ketones is 1. The number of hydrogen-bond donors (Lipinski definition) is 2. The predicted octanol–water partition coefficient (Wildman–Crippen LogP) is 3.67. The van der Waals surface area contributed by atoms with E-state index in [2.05, 4.69) is 10.6 Å². The van der Waals surface area contributed by atoms with Gasteiger partial charge in [0.05, 0.1) is 11.6 Å². The Hall–Kier alpha value is -2.79. The highest BCUT2D eigenvalue weighted by atomic mass is 35.5. The van der Waals surface area contributed by atoms with Gasteiger partial charge in [-0.25, -0.2) is 4.79 Å². The molecule has 26 heavy (non-hydrogen) atoms. The van der Waals surface area contributed by atoms with E-state index in [0.717, 1.165) is 5.69 Å². The minimum atomic E-state index is -0.680. The Bertz CT molecular complexity index is 776. The third-order valence-electron chi connectivity index (χ3n) is 3.48. The molecule has 2 aromatic rings. The summed E-state index contributed by atoms with van der Waals surface area (Å²) < 4.78 is 4.99. The second-order valence-corrected chi connectivity index (χ2v) is 5.74. The fraction of sp³-hybridized carbons (Fsp3) is 0.200. The molecule has 0 radical (unpaired) electrons. The van der Waals surface area contributed by atoms with Crippen LogP contribution in [0.5, 0.6) is 0 Å². The highest BCUT2D eigenvalue weighted by molar-refractivity contribution is 6.36. The first-order valence-corrected chi connectivity index (χ1v) is 8.70. The predicted molar refractivity (Wildman–Crippen MR) is 103 cm³/mol. The fourth-order valence-corrected chi connectivity index (χ4v) is 2.45. The zero-order valence-corrected chi connectivity index (χ0v) is 15.3. The third kappa shape index (κ3) is 5.63. The Labute approximate surface area is 158 Å². The van der Waals surface area contributed by atoms with Crippen molar-refractivity contribution in [2.75, 3.05) is 25.0 Å². The van der Waals surface area contributed by atoms with Crippen molar-refractivity contribution in [1.29, 1.82) is 0 Å². The Kier molecular flexibility index (Phi) is 7.71. The first-order chi connectivity index (χ1) is 12.6. The lowest BCUT2D eigenvalue weighted by atomic mass is 10.0. The topological polar surface area (TPSA) is 67.4 Å². The van der Waals surface area contributed by atoms with E-state index >= 15 is 0 Å². The zero-order valence-electron chi connectivity index (χ0n) is 14.5. The van der Waals surface area contributed by atoms with Crippen molar-refractivity contribution in [3.05, 3.63) is 77.0 Å². The van der Waals surface area contributed by atoms with Crippen molar-refractivity contribution >= 4 is 29.0 Å². The summed E-state index contributed by atoms with van der Waals surface area (Å²) in [6.07, 6.45) is 1.39. The summed E-state index contributed by atoms with van der Waals surface area (Å²) in [6, 6.07) is 16.3. The molecule has 0 unspecified atom stereocenters. The van der Waals surface area contributed by atoms with Gasteiger partial charge in [0.15, 0.2) is 0 Å². The molecule has 2 aromatic carbocycles. The van der Waals surface area contributed by atoms with Gasteiger partial charge in [-0.3, -0.25) is 4.79 Å². The highest BCUT2D eigenvalue weighted by Crippen LogP contribution is 2.19. The molecule has 0 fully saturated rings. The number of para-hydroxylation sites is 1. The number of anilines is 1. The largest absolute Gasteiger partial charge is 0.462 e. The summed E-state index contributed by atoms with van der Waals surface area (Å²) in [7, 11) is 0. The van der Waals surface area contributed by atoms with Crippen LogP contribution >= 0.6 is 11.6 Å². The molecule has 0 aliphatic carbocycles. The maximum atomic E-state index is 12.7. The molecule has 0 aromatic heterocycles. The van der Waals surface area contributed by atoms with Gasteiger partial charge in [0.2, 0.25) is 5.78 Å². The van der Waals surface area contributed by atoms with E-state index in [1.807, 2.05) is 30.3 Å². The van der Waals surface area contributed by atoms with Crippen LogP contribution in [-0.4, -0.2) is 31.4 Å². The van der Waals surface area contributed by atoms with Crippen LogP contribution in [0.3, 0.4) is 0 Å². The molecule has 0 saturated heterocycles. The number of carbonyl (C=O) groups excluding carboxylic acids is 2. The van der Waals surface area contributed by atoms with E-state index in [1.165, 1.54) is 6.20 Å². The standard InChI is InChI=1S/C20H21ClN2O3/c1-2-26-20(25)17(19(24)16-10-6-7-11-18(16)21)14-22-12-13-23-15-8-4-3-5-9-15/h3-11,14,22-23H,2,12-13H2,1H3. The minimum absolute atomic E-state index is 0.0836. The van der Waals surface area contributed by atoms with Gasteiger partial charge >= 0.3 is 5.97 Å². The zero-order chi connectivity index (χ0) is 18.8. The van der Waals surface area contributed by atoms with Crippen molar-refractivity contribution in [2.24, 2.45) is 0 Å². The number of benzene rings is 2. The minimum Gasteiger partial charge on any atom is -0.462 e. The van der Waals surface area contributed by atoms with Crippen LogP contribution < -0.4 is 10.6 Å². The molecule has 0 aliphatic rings. The Morgan fingerprint density at radius 3 is 2.42 bits per heavy atom. The molecule has 2 N–H and O–H groups in total. The summed E-state index contributed by atoms with van der Waals surface area (Å²) in [5, 5.41) is 6.49. The van der Waals surface area contributed by atoms with Gasteiger partial charge in [0, 0.05) is 30.5 Å². The molecule has 0 bridgehead atoms. The first kappa shape index (κ1) is 19.5. The number of carbonyl (C=O) groups is 2. The summed E-state index contributed by atoms with van der Waals surface area (Å²) >= 11 is 6.07.